The van der Waals surface area contributed by atoms with Gasteiger partial charge in [0.05, 0.1) is 13.3 Å². The van der Waals surface area contributed by atoms with E-state index >= 15 is 0 Å². The van der Waals surface area contributed by atoms with Crippen molar-refractivity contribution in [3.63, 3.8) is 0 Å². The summed E-state index contributed by atoms with van der Waals surface area (Å²) in [7, 11) is 3.38. The summed E-state index contributed by atoms with van der Waals surface area (Å²) in [5, 5.41) is 3.97. The van der Waals surface area contributed by atoms with E-state index in [9.17, 15) is 0 Å². The lowest BCUT2D eigenvalue weighted by atomic mass is 10.2. The predicted molar refractivity (Wildman–Crippen MR) is 88.1 cm³/mol. The van der Waals surface area contributed by atoms with Gasteiger partial charge in [-0.15, -0.1) is 0 Å². The topological polar surface area (TPSA) is 42.9 Å². The molecule has 5 heteroatoms. The Morgan fingerprint density at radius 2 is 1.90 bits per heavy atom. The fourth-order valence-electron chi connectivity index (χ4n) is 1.76. The van der Waals surface area contributed by atoms with E-state index in [2.05, 4.69) is 26.5 Å². The molecule has 0 saturated heterocycles. The molecule has 2 aromatic rings. The van der Waals surface area contributed by atoms with Gasteiger partial charge in [0.25, 0.3) is 0 Å². The monoisotopic (exact) mass is 348 g/mol. The molecule has 0 aliphatic heterocycles. The van der Waals surface area contributed by atoms with Crippen molar-refractivity contribution < 1.29 is 9.47 Å². The van der Waals surface area contributed by atoms with Crippen LogP contribution in [-0.2, 0) is 6.61 Å². The maximum atomic E-state index is 5.81. The zero-order valence-corrected chi connectivity index (χ0v) is 13.6. The van der Waals surface area contributed by atoms with E-state index in [1.165, 1.54) is 0 Å². The lowest BCUT2D eigenvalue weighted by Crippen LogP contribution is -1.99. The van der Waals surface area contributed by atoms with Crippen LogP contribution in [-0.4, -0.2) is 20.4 Å². The Balaban J connectivity index is 2.08. The van der Waals surface area contributed by atoms with Gasteiger partial charge in [0.15, 0.2) is 11.5 Å². The quantitative estimate of drug-likeness (QED) is 0.640. The average molecular weight is 349 g/mol. The SMILES string of the molecule is CN/N=C/c1ccc(OCc2ccc(Br)cc2)c(OC)c1. The van der Waals surface area contributed by atoms with Crippen molar-refractivity contribution >= 4 is 22.1 Å². The summed E-state index contributed by atoms with van der Waals surface area (Å²) in [5.41, 5.74) is 4.75. The van der Waals surface area contributed by atoms with Crippen LogP contribution in [0.25, 0.3) is 0 Å². The standard InChI is InChI=1S/C16H17BrN2O2/c1-18-19-10-13-5-8-15(16(9-13)20-2)21-11-12-3-6-14(17)7-4-12/h3-10,18H,11H2,1-2H3/b19-10+. The summed E-state index contributed by atoms with van der Waals surface area (Å²) < 4.78 is 12.2. The molecule has 1 N–H and O–H groups in total. The zero-order valence-electron chi connectivity index (χ0n) is 12.0. The van der Waals surface area contributed by atoms with Gasteiger partial charge in [-0.3, -0.25) is 0 Å². The van der Waals surface area contributed by atoms with Gasteiger partial charge >= 0.3 is 0 Å². The molecule has 110 valence electrons. The normalized spacial score (nSPS) is 10.6. The number of benzene rings is 2. The van der Waals surface area contributed by atoms with Gasteiger partial charge in [-0.25, -0.2) is 0 Å². The first-order chi connectivity index (χ1) is 10.2. The van der Waals surface area contributed by atoms with Crippen LogP contribution < -0.4 is 14.9 Å². The van der Waals surface area contributed by atoms with Crippen LogP contribution in [0, 0.1) is 0 Å². The molecule has 2 aromatic carbocycles. The largest absolute Gasteiger partial charge is 0.493 e. The van der Waals surface area contributed by atoms with E-state index < -0.39 is 0 Å². The van der Waals surface area contributed by atoms with Gasteiger partial charge < -0.3 is 14.9 Å². The summed E-state index contributed by atoms with van der Waals surface area (Å²) >= 11 is 3.41. The van der Waals surface area contributed by atoms with Gasteiger partial charge in [0, 0.05) is 11.5 Å². The number of methoxy groups -OCH3 is 1. The van der Waals surface area contributed by atoms with Crippen molar-refractivity contribution in [1.29, 1.82) is 0 Å². The van der Waals surface area contributed by atoms with Crippen LogP contribution in [0.1, 0.15) is 11.1 Å². The molecule has 2 rings (SSSR count). The summed E-state index contributed by atoms with van der Waals surface area (Å²) in [5.74, 6) is 1.40. The number of hydrazone groups is 1. The summed E-state index contributed by atoms with van der Waals surface area (Å²) in [6, 6.07) is 13.7. The molecule has 0 aliphatic carbocycles. The number of ether oxygens (including phenoxy) is 2. The molecular weight excluding hydrogens is 332 g/mol. The number of hydrogen-bond acceptors (Lipinski definition) is 4. The molecule has 0 bridgehead atoms. The first-order valence-electron chi connectivity index (χ1n) is 6.48. The lowest BCUT2D eigenvalue weighted by Gasteiger charge is -2.11. The van der Waals surface area contributed by atoms with Crippen molar-refractivity contribution in [2.75, 3.05) is 14.2 Å². The number of hydrogen-bond donors (Lipinski definition) is 1. The second-order valence-corrected chi connectivity index (χ2v) is 5.22. The van der Waals surface area contributed by atoms with Crippen LogP contribution in [0.4, 0.5) is 0 Å². The van der Waals surface area contributed by atoms with Crippen LogP contribution in [0.5, 0.6) is 11.5 Å². The van der Waals surface area contributed by atoms with Gasteiger partial charge in [-0.2, -0.15) is 5.10 Å². The molecule has 0 amide bonds. The van der Waals surface area contributed by atoms with Crippen molar-refractivity contribution in [2.24, 2.45) is 5.10 Å². The Kier molecular flexibility index (Phi) is 5.63. The molecule has 0 radical (unpaired) electrons. The van der Waals surface area contributed by atoms with Crippen LogP contribution in [0.15, 0.2) is 52.0 Å². The molecule has 0 unspecified atom stereocenters. The molecule has 0 aromatic heterocycles. The Morgan fingerprint density at radius 3 is 2.57 bits per heavy atom. The van der Waals surface area contributed by atoms with E-state index in [1.54, 1.807) is 20.4 Å². The van der Waals surface area contributed by atoms with Gasteiger partial charge in [0.2, 0.25) is 0 Å². The zero-order chi connectivity index (χ0) is 15.1. The number of nitrogens with one attached hydrogen (secondary N) is 1. The first kappa shape index (κ1) is 15.4. The molecule has 4 nitrogen and oxygen atoms in total. The summed E-state index contributed by atoms with van der Waals surface area (Å²) in [6.45, 7) is 0.494. The number of nitrogens with zero attached hydrogens (tertiary/aromatic N) is 1. The van der Waals surface area contributed by atoms with E-state index in [4.69, 9.17) is 9.47 Å². The first-order valence-corrected chi connectivity index (χ1v) is 7.27. The third kappa shape index (κ3) is 4.49. The fourth-order valence-corrected chi connectivity index (χ4v) is 2.03. The minimum Gasteiger partial charge on any atom is -0.493 e. The molecule has 0 fully saturated rings. The van der Waals surface area contributed by atoms with Crippen LogP contribution in [0.3, 0.4) is 0 Å². The average Bonchev–Trinajstić information content (AvgIpc) is 2.52. The third-order valence-electron chi connectivity index (χ3n) is 2.84. The fraction of sp³-hybridized carbons (Fsp3) is 0.188. The Labute approximate surface area is 132 Å². The second-order valence-electron chi connectivity index (χ2n) is 4.31. The van der Waals surface area contributed by atoms with E-state index in [1.807, 2.05) is 42.5 Å². The van der Waals surface area contributed by atoms with E-state index in [0.29, 0.717) is 18.1 Å². The summed E-state index contributed by atoms with van der Waals surface area (Å²) in [4.78, 5) is 0. The highest BCUT2D eigenvalue weighted by Crippen LogP contribution is 2.28. The van der Waals surface area contributed by atoms with Gasteiger partial charge in [0.1, 0.15) is 6.61 Å². The molecule has 21 heavy (non-hydrogen) atoms. The highest BCUT2D eigenvalue weighted by atomic mass is 79.9. The predicted octanol–water partition coefficient (Wildman–Crippen LogP) is 3.59. The minimum atomic E-state index is 0.494. The van der Waals surface area contributed by atoms with Crippen molar-refractivity contribution in [3.05, 3.63) is 58.1 Å². The highest BCUT2D eigenvalue weighted by molar-refractivity contribution is 9.10. The maximum absolute atomic E-state index is 5.81. The maximum Gasteiger partial charge on any atom is 0.161 e. The molecule has 0 spiro atoms. The molecule has 0 saturated carbocycles. The highest BCUT2D eigenvalue weighted by Gasteiger charge is 2.05. The molecule has 0 aliphatic rings. The van der Waals surface area contributed by atoms with Gasteiger partial charge in [-0.05, 0) is 41.5 Å². The van der Waals surface area contributed by atoms with Crippen LogP contribution in [0.2, 0.25) is 0 Å². The van der Waals surface area contributed by atoms with Crippen LogP contribution >= 0.6 is 15.9 Å². The van der Waals surface area contributed by atoms with Crippen molar-refractivity contribution in [2.45, 2.75) is 6.61 Å². The second kappa shape index (κ2) is 7.69. The van der Waals surface area contributed by atoms with E-state index in [-0.39, 0.29) is 0 Å². The summed E-state index contributed by atoms with van der Waals surface area (Å²) in [6.07, 6.45) is 1.72. The molecular formula is C16H17BrN2O2. The molecule has 0 heterocycles. The minimum absolute atomic E-state index is 0.494. The molecule has 0 atom stereocenters. The smallest absolute Gasteiger partial charge is 0.161 e. The van der Waals surface area contributed by atoms with E-state index in [0.717, 1.165) is 15.6 Å². The third-order valence-corrected chi connectivity index (χ3v) is 3.37. The Bertz CT molecular complexity index is 612. The van der Waals surface area contributed by atoms with Crippen molar-refractivity contribution in [3.8, 4) is 11.5 Å². The number of halogens is 1. The van der Waals surface area contributed by atoms with Crippen molar-refractivity contribution in [1.82, 2.24) is 5.43 Å². The Morgan fingerprint density at radius 1 is 1.14 bits per heavy atom. The Hall–Kier alpha value is -2.01. The lowest BCUT2D eigenvalue weighted by molar-refractivity contribution is 0.284. The van der Waals surface area contributed by atoms with Gasteiger partial charge in [-0.1, -0.05) is 28.1 Å². The number of rotatable bonds is 6.